The molecule has 1 unspecified atom stereocenters. The highest BCUT2D eigenvalue weighted by atomic mass is 35.5. The summed E-state index contributed by atoms with van der Waals surface area (Å²) in [5.41, 5.74) is 8.76. The maximum absolute atomic E-state index is 6.22. The topological polar surface area (TPSA) is 32.5 Å². The highest BCUT2D eigenvalue weighted by Crippen LogP contribution is 2.29. The van der Waals surface area contributed by atoms with Gasteiger partial charge < -0.3 is 15.5 Å². The number of anilines is 1. The van der Waals surface area contributed by atoms with Crippen LogP contribution in [-0.2, 0) is 6.42 Å². The minimum absolute atomic E-state index is 0.226. The molecule has 0 radical (unpaired) electrons. The summed E-state index contributed by atoms with van der Waals surface area (Å²) in [4.78, 5) is 4.81. The van der Waals surface area contributed by atoms with Crippen molar-refractivity contribution < 1.29 is 0 Å². The van der Waals surface area contributed by atoms with Crippen molar-refractivity contribution in [1.82, 2.24) is 4.90 Å². The van der Waals surface area contributed by atoms with Gasteiger partial charge in [-0.1, -0.05) is 24.6 Å². The van der Waals surface area contributed by atoms with Crippen molar-refractivity contribution in [2.45, 2.75) is 44.7 Å². The molecule has 0 saturated carbocycles. The monoisotopic (exact) mass is 309 g/mol. The maximum Gasteiger partial charge on any atom is 0.0426 e. The molecule has 1 aliphatic heterocycles. The number of hydrogen-bond donors (Lipinski definition) is 1. The van der Waals surface area contributed by atoms with Gasteiger partial charge in [0.15, 0.2) is 0 Å². The van der Waals surface area contributed by atoms with E-state index in [-0.39, 0.29) is 6.04 Å². The average molecular weight is 310 g/mol. The first-order chi connectivity index (χ1) is 10.0. The SMILES string of the molecule is CCC(N)Cc1ccc(Cl)cc1N1CCC(N(C)C)CC1. The summed E-state index contributed by atoms with van der Waals surface area (Å²) in [6.45, 7) is 4.33. The number of nitrogens with two attached hydrogens (primary N) is 1. The molecule has 0 aliphatic carbocycles. The summed E-state index contributed by atoms with van der Waals surface area (Å²) in [7, 11) is 4.34. The van der Waals surface area contributed by atoms with Crippen LogP contribution in [0.25, 0.3) is 0 Å². The Kier molecular flexibility index (Phi) is 5.91. The van der Waals surface area contributed by atoms with Crippen molar-refractivity contribution in [1.29, 1.82) is 0 Å². The normalized spacial score (nSPS) is 18.3. The highest BCUT2D eigenvalue weighted by molar-refractivity contribution is 6.30. The fourth-order valence-electron chi connectivity index (χ4n) is 3.05. The molecular weight excluding hydrogens is 282 g/mol. The average Bonchev–Trinajstić information content (AvgIpc) is 2.49. The van der Waals surface area contributed by atoms with Gasteiger partial charge in [0.2, 0.25) is 0 Å². The molecule has 0 aromatic heterocycles. The molecule has 1 aromatic rings. The minimum atomic E-state index is 0.226. The van der Waals surface area contributed by atoms with Gasteiger partial charge in [-0.3, -0.25) is 0 Å². The zero-order valence-corrected chi connectivity index (χ0v) is 14.2. The van der Waals surface area contributed by atoms with Crippen LogP contribution >= 0.6 is 11.6 Å². The van der Waals surface area contributed by atoms with Crippen LogP contribution in [0.3, 0.4) is 0 Å². The fraction of sp³-hybridized carbons (Fsp3) is 0.647. The van der Waals surface area contributed by atoms with Gasteiger partial charge >= 0.3 is 0 Å². The molecule has 118 valence electrons. The first-order valence-electron chi connectivity index (χ1n) is 7.96. The van der Waals surface area contributed by atoms with Crippen LogP contribution in [0.2, 0.25) is 5.02 Å². The van der Waals surface area contributed by atoms with Gasteiger partial charge in [0.05, 0.1) is 0 Å². The Bertz CT molecular complexity index is 453. The van der Waals surface area contributed by atoms with Crippen molar-refractivity contribution in [2.24, 2.45) is 5.73 Å². The molecule has 1 atom stereocenters. The van der Waals surface area contributed by atoms with Crippen molar-refractivity contribution >= 4 is 17.3 Å². The van der Waals surface area contributed by atoms with E-state index in [4.69, 9.17) is 17.3 Å². The minimum Gasteiger partial charge on any atom is -0.371 e. The van der Waals surface area contributed by atoms with Crippen LogP contribution < -0.4 is 10.6 Å². The summed E-state index contributed by atoms with van der Waals surface area (Å²) in [5, 5.41) is 0.813. The summed E-state index contributed by atoms with van der Waals surface area (Å²) in [6.07, 6.45) is 4.35. The molecule has 4 heteroatoms. The van der Waals surface area contributed by atoms with Gasteiger partial charge in [-0.15, -0.1) is 0 Å². The second kappa shape index (κ2) is 7.48. The first kappa shape index (κ1) is 16.6. The first-order valence-corrected chi connectivity index (χ1v) is 8.34. The number of hydrogen-bond acceptors (Lipinski definition) is 3. The molecule has 1 aliphatic rings. The number of benzene rings is 1. The third-order valence-corrected chi connectivity index (χ3v) is 4.82. The Hall–Kier alpha value is -0.770. The van der Waals surface area contributed by atoms with Crippen LogP contribution in [0.1, 0.15) is 31.7 Å². The van der Waals surface area contributed by atoms with E-state index < -0.39 is 0 Å². The molecule has 0 amide bonds. The Morgan fingerprint density at radius 1 is 1.33 bits per heavy atom. The van der Waals surface area contributed by atoms with Crippen molar-refractivity contribution in [3.05, 3.63) is 28.8 Å². The summed E-state index contributed by atoms with van der Waals surface area (Å²) in [5.74, 6) is 0. The van der Waals surface area contributed by atoms with E-state index >= 15 is 0 Å². The summed E-state index contributed by atoms with van der Waals surface area (Å²) < 4.78 is 0. The molecule has 1 saturated heterocycles. The number of rotatable bonds is 5. The lowest BCUT2D eigenvalue weighted by Gasteiger charge is -2.37. The summed E-state index contributed by atoms with van der Waals surface area (Å²) in [6, 6.07) is 7.15. The standard InChI is InChI=1S/C17H28ClN3/c1-4-15(19)11-13-5-6-14(18)12-17(13)21-9-7-16(8-10-21)20(2)3/h5-6,12,15-16H,4,7-11,19H2,1-3H3. The quantitative estimate of drug-likeness (QED) is 0.907. The van der Waals surface area contributed by atoms with E-state index in [0.29, 0.717) is 6.04 Å². The van der Waals surface area contributed by atoms with Crippen LogP contribution in [0.15, 0.2) is 18.2 Å². The Labute approximate surface area is 134 Å². The molecular formula is C17H28ClN3. The van der Waals surface area contributed by atoms with Gasteiger partial charge in [0.25, 0.3) is 0 Å². The third kappa shape index (κ3) is 4.35. The van der Waals surface area contributed by atoms with Crippen LogP contribution in [0, 0.1) is 0 Å². The third-order valence-electron chi connectivity index (χ3n) is 4.59. The largest absolute Gasteiger partial charge is 0.371 e. The zero-order chi connectivity index (χ0) is 15.4. The van der Waals surface area contributed by atoms with Crippen molar-refractivity contribution in [2.75, 3.05) is 32.1 Å². The fourth-order valence-corrected chi connectivity index (χ4v) is 3.22. The molecule has 1 aromatic carbocycles. The highest BCUT2D eigenvalue weighted by Gasteiger charge is 2.22. The van der Waals surface area contributed by atoms with Gasteiger partial charge in [-0.25, -0.2) is 0 Å². The molecule has 0 spiro atoms. The number of piperidine rings is 1. The van der Waals surface area contributed by atoms with E-state index in [1.807, 2.05) is 6.07 Å². The van der Waals surface area contributed by atoms with E-state index in [1.54, 1.807) is 0 Å². The molecule has 3 nitrogen and oxygen atoms in total. The van der Waals surface area contributed by atoms with E-state index in [9.17, 15) is 0 Å². The lowest BCUT2D eigenvalue weighted by molar-refractivity contribution is 0.249. The molecule has 21 heavy (non-hydrogen) atoms. The lowest BCUT2D eigenvalue weighted by atomic mass is 9.99. The van der Waals surface area contributed by atoms with Crippen LogP contribution in [0.5, 0.6) is 0 Å². The van der Waals surface area contributed by atoms with E-state index in [0.717, 1.165) is 31.0 Å². The molecule has 2 N–H and O–H groups in total. The van der Waals surface area contributed by atoms with Crippen LogP contribution in [-0.4, -0.2) is 44.2 Å². The Morgan fingerprint density at radius 3 is 2.57 bits per heavy atom. The van der Waals surface area contributed by atoms with Gasteiger partial charge in [0.1, 0.15) is 0 Å². The predicted octanol–water partition coefficient (Wildman–Crippen LogP) is 3.15. The van der Waals surface area contributed by atoms with Crippen molar-refractivity contribution in [3.8, 4) is 0 Å². The number of halogens is 1. The molecule has 2 rings (SSSR count). The van der Waals surface area contributed by atoms with E-state index in [1.165, 1.54) is 24.1 Å². The molecule has 0 bridgehead atoms. The summed E-state index contributed by atoms with van der Waals surface area (Å²) >= 11 is 6.22. The smallest absolute Gasteiger partial charge is 0.0426 e. The molecule has 1 fully saturated rings. The van der Waals surface area contributed by atoms with Crippen molar-refractivity contribution in [3.63, 3.8) is 0 Å². The van der Waals surface area contributed by atoms with Gasteiger partial charge in [-0.2, -0.15) is 0 Å². The van der Waals surface area contributed by atoms with Gasteiger partial charge in [-0.05, 0) is 57.5 Å². The maximum atomic E-state index is 6.22. The predicted molar refractivity (Wildman–Crippen MR) is 92.3 cm³/mol. The lowest BCUT2D eigenvalue weighted by Crippen LogP contribution is -2.42. The number of nitrogens with zero attached hydrogens (tertiary/aromatic N) is 2. The Morgan fingerprint density at radius 2 is 2.00 bits per heavy atom. The zero-order valence-electron chi connectivity index (χ0n) is 13.5. The second-order valence-corrected chi connectivity index (χ2v) is 6.76. The molecule has 1 heterocycles. The Balaban J connectivity index is 2.13. The van der Waals surface area contributed by atoms with Gasteiger partial charge in [0, 0.05) is 35.9 Å². The second-order valence-electron chi connectivity index (χ2n) is 6.33. The van der Waals surface area contributed by atoms with Crippen LogP contribution in [0.4, 0.5) is 5.69 Å². The van der Waals surface area contributed by atoms with E-state index in [2.05, 4.69) is 43.0 Å².